The fourth-order valence-corrected chi connectivity index (χ4v) is 3.79. The summed E-state index contributed by atoms with van der Waals surface area (Å²) in [4.78, 5) is 0.135. The second-order valence-corrected chi connectivity index (χ2v) is 6.23. The van der Waals surface area contributed by atoms with E-state index in [4.69, 9.17) is 0 Å². The standard InChI is InChI=1S/C14H12BrF3S/c1-9-7-19-8-12(9)13(15)6-10-2-4-11(5-3-10)14(16,17)18/h2-5,7-8,13H,6H2,1H3. The van der Waals surface area contributed by atoms with Crippen LogP contribution in [0.3, 0.4) is 0 Å². The first-order chi connectivity index (χ1) is 8.88. The van der Waals surface area contributed by atoms with Crippen molar-refractivity contribution in [3.8, 4) is 0 Å². The normalized spacial score (nSPS) is 13.5. The number of halogens is 4. The Morgan fingerprint density at radius 3 is 2.26 bits per heavy atom. The van der Waals surface area contributed by atoms with Crippen LogP contribution in [0.4, 0.5) is 13.2 Å². The molecule has 5 heteroatoms. The lowest BCUT2D eigenvalue weighted by atomic mass is 10.0. The summed E-state index contributed by atoms with van der Waals surface area (Å²) in [6.45, 7) is 2.03. The van der Waals surface area contributed by atoms with Crippen LogP contribution in [0.15, 0.2) is 35.0 Å². The van der Waals surface area contributed by atoms with E-state index in [1.807, 2.05) is 6.92 Å². The molecule has 0 radical (unpaired) electrons. The Kier molecular flexibility index (Phi) is 4.36. The predicted molar refractivity (Wildman–Crippen MR) is 75.9 cm³/mol. The molecule has 0 fully saturated rings. The van der Waals surface area contributed by atoms with Crippen LogP contribution in [0.2, 0.25) is 0 Å². The Labute approximate surface area is 122 Å². The minimum Gasteiger partial charge on any atom is -0.166 e. The van der Waals surface area contributed by atoms with E-state index in [1.54, 1.807) is 23.5 Å². The molecule has 1 aromatic carbocycles. The summed E-state index contributed by atoms with van der Waals surface area (Å²) >= 11 is 5.23. The SMILES string of the molecule is Cc1cscc1C(Br)Cc1ccc(C(F)(F)F)cc1. The van der Waals surface area contributed by atoms with Gasteiger partial charge >= 0.3 is 6.18 Å². The maximum atomic E-state index is 12.5. The van der Waals surface area contributed by atoms with E-state index in [0.717, 1.165) is 17.7 Å². The molecule has 0 bridgehead atoms. The third-order valence-electron chi connectivity index (χ3n) is 2.93. The second kappa shape index (κ2) is 5.67. The van der Waals surface area contributed by atoms with E-state index < -0.39 is 11.7 Å². The molecule has 0 amide bonds. The third kappa shape index (κ3) is 3.60. The molecule has 1 unspecified atom stereocenters. The number of thiophene rings is 1. The number of hydrogen-bond donors (Lipinski definition) is 0. The van der Waals surface area contributed by atoms with Crippen molar-refractivity contribution >= 4 is 27.3 Å². The van der Waals surface area contributed by atoms with Crippen LogP contribution in [-0.4, -0.2) is 0 Å². The van der Waals surface area contributed by atoms with Crippen molar-refractivity contribution in [1.82, 2.24) is 0 Å². The molecule has 0 nitrogen and oxygen atoms in total. The molecule has 0 aliphatic carbocycles. The van der Waals surface area contributed by atoms with E-state index in [2.05, 4.69) is 26.7 Å². The van der Waals surface area contributed by atoms with Crippen molar-refractivity contribution in [3.05, 3.63) is 57.3 Å². The largest absolute Gasteiger partial charge is 0.416 e. The third-order valence-corrected chi connectivity index (χ3v) is 4.63. The quantitative estimate of drug-likeness (QED) is 0.619. The van der Waals surface area contributed by atoms with E-state index in [1.165, 1.54) is 11.1 Å². The van der Waals surface area contributed by atoms with Crippen LogP contribution < -0.4 is 0 Å². The van der Waals surface area contributed by atoms with Crippen LogP contribution >= 0.6 is 27.3 Å². The Hall–Kier alpha value is -0.810. The summed E-state index contributed by atoms with van der Waals surface area (Å²) in [5.74, 6) is 0. The van der Waals surface area contributed by atoms with Gasteiger partial charge in [0.1, 0.15) is 0 Å². The molecule has 0 saturated carbocycles. The topological polar surface area (TPSA) is 0 Å². The van der Waals surface area contributed by atoms with Gasteiger partial charge in [-0.25, -0.2) is 0 Å². The average Bonchev–Trinajstić information content (AvgIpc) is 2.75. The maximum absolute atomic E-state index is 12.5. The van der Waals surface area contributed by atoms with Gasteiger partial charge in [0.2, 0.25) is 0 Å². The smallest absolute Gasteiger partial charge is 0.166 e. The molecule has 0 aliphatic rings. The zero-order valence-corrected chi connectivity index (χ0v) is 12.6. The number of alkyl halides is 4. The van der Waals surface area contributed by atoms with Gasteiger partial charge in [-0.1, -0.05) is 28.1 Å². The molecular weight excluding hydrogens is 337 g/mol. The highest BCUT2D eigenvalue weighted by atomic mass is 79.9. The van der Waals surface area contributed by atoms with E-state index in [-0.39, 0.29) is 4.83 Å². The Balaban J connectivity index is 2.10. The summed E-state index contributed by atoms with van der Waals surface area (Å²) in [6.07, 6.45) is -3.59. The molecule has 0 N–H and O–H groups in total. The van der Waals surface area contributed by atoms with Crippen LogP contribution in [0.1, 0.15) is 27.1 Å². The van der Waals surface area contributed by atoms with Crippen molar-refractivity contribution in [2.45, 2.75) is 24.3 Å². The van der Waals surface area contributed by atoms with Crippen molar-refractivity contribution in [2.24, 2.45) is 0 Å². The first-order valence-electron chi connectivity index (χ1n) is 5.71. The first-order valence-corrected chi connectivity index (χ1v) is 7.56. The molecule has 0 aliphatic heterocycles. The second-order valence-electron chi connectivity index (χ2n) is 4.38. The molecule has 0 spiro atoms. The molecular formula is C14H12BrF3S. The molecule has 19 heavy (non-hydrogen) atoms. The van der Waals surface area contributed by atoms with Gasteiger partial charge < -0.3 is 0 Å². The molecule has 2 rings (SSSR count). The van der Waals surface area contributed by atoms with Crippen LogP contribution in [0, 0.1) is 6.92 Å². The van der Waals surface area contributed by atoms with Crippen molar-refractivity contribution in [3.63, 3.8) is 0 Å². The predicted octanol–water partition coefficient (Wildman–Crippen LogP) is 5.75. The molecule has 1 aromatic heterocycles. The highest BCUT2D eigenvalue weighted by molar-refractivity contribution is 9.09. The van der Waals surface area contributed by atoms with Gasteiger partial charge in [-0.05, 0) is 52.9 Å². The lowest BCUT2D eigenvalue weighted by Gasteiger charge is -2.11. The van der Waals surface area contributed by atoms with Gasteiger partial charge in [0, 0.05) is 4.83 Å². The van der Waals surface area contributed by atoms with Crippen molar-refractivity contribution in [2.75, 3.05) is 0 Å². The summed E-state index contributed by atoms with van der Waals surface area (Å²) in [6, 6.07) is 5.35. The lowest BCUT2D eigenvalue weighted by Crippen LogP contribution is -2.05. The lowest BCUT2D eigenvalue weighted by molar-refractivity contribution is -0.137. The number of aryl methyl sites for hydroxylation is 1. The van der Waals surface area contributed by atoms with Crippen molar-refractivity contribution < 1.29 is 13.2 Å². The first kappa shape index (κ1) is 14.6. The van der Waals surface area contributed by atoms with Gasteiger partial charge in [-0.2, -0.15) is 24.5 Å². The number of benzene rings is 1. The molecule has 102 valence electrons. The summed E-state index contributed by atoms with van der Waals surface area (Å²) in [7, 11) is 0. The van der Waals surface area contributed by atoms with Gasteiger partial charge in [0.05, 0.1) is 5.56 Å². The highest BCUT2D eigenvalue weighted by Gasteiger charge is 2.30. The van der Waals surface area contributed by atoms with Crippen LogP contribution in [0.25, 0.3) is 0 Å². The molecule has 2 aromatic rings. The fourth-order valence-electron chi connectivity index (χ4n) is 1.84. The van der Waals surface area contributed by atoms with Gasteiger partial charge in [-0.3, -0.25) is 0 Å². The molecule has 1 atom stereocenters. The van der Waals surface area contributed by atoms with Crippen LogP contribution in [-0.2, 0) is 12.6 Å². The monoisotopic (exact) mass is 348 g/mol. The Morgan fingerprint density at radius 2 is 1.79 bits per heavy atom. The van der Waals surface area contributed by atoms with Crippen molar-refractivity contribution in [1.29, 1.82) is 0 Å². The zero-order chi connectivity index (χ0) is 14.0. The van der Waals surface area contributed by atoms with Crippen LogP contribution in [0.5, 0.6) is 0 Å². The summed E-state index contributed by atoms with van der Waals surface area (Å²) in [5, 5.41) is 4.13. The van der Waals surface area contributed by atoms with Gasteiger partial charge in [0.15, 0.2) is 0 Å². The van der Waals surface area contributed by atoms with Gasteiger partial charge in [0.25, 0.3) is 0 Å². The van der Waals surface area contributed by atoms with E-state index in [9.17, 15) is 13.2 Å². The van der Waals surface area contributed by atoms with Gasteiger partial charge in [-0.15, -0.1) is 0 Å². The average molecular weight is 349 g/mol. The fraction of sp³-hybridized carbons (Fsp3) is 0.286. The van der Waals surface area contributed by atoms with E-state index >= 15 is 0 Å². The Bertz CT molecular complexity index is 543. The van der Waals surface area contributed by atoms with E-state index in [0.29, 0.717) is 6.42 Å². The maximum Gasteiger partial charge on any atom is 0.416 e. The molecule has 0 saturated heterocycles. The highest BCUT2D eigenvalue weighted by Crippen LogP contribution is 2.33. The Morgan fingerprint density at radius 1 is 1.16 bits per heavy atom. The minimum absolute atomic E-state index is 0.135. The zero-order valence-electron chi connectivity index (χ0n) is 10.2. The number of rotatable bonds is 3. The molecule has 1 heterocycles. The summed E-state index contributed by atoms with van der Waals surface area (Å²) < 4.78 is 37.4. The summed E-state index contributed by atoms with van der Waals surface area (Å²) in [5.41, 5.74) is 2.69. The minimum atomic E-state index is -4.27. The number of hydrogen-bond acceptors (Lipinski definition) is 1.